The summed E-state index contributed by atoms with van der Waals surface area (Å²) >= 11 is 6.55. The van der Waals surface area contributed by atoms with Crippen LogP contribution < -0.4 is 10.7 Å². The van der Waals surface area contributed by atoms with Gasteiger partial charge in [-0.1, -0.05) is 34.1 Å². The number of aromatic hydroxyl groups is 1. The third kappa shape index (κ3) is 4.32. The number of hydrazone groups is 1. The van der Waals surface area contributed by atoms with E-state index in [4.69, 9.17) is 0 Å². The Morgan fingerprint density at radius 1 is 1.27 bits per heavy atom. The zero-order valence-electron chi connectivity index (χ0n) is 11.6. The Labute approximate surface area is 144 Å². The molecule has 114 valence electrons. The van der Waals surface area contributed by atoms with E-state index in [0.29, 0.717) is 15.7 Å². The molecule has 0 saturated carbocycles. The number of phenols is 1. The molecule has 0 heterocycles. The van der Waals surface area contributed by atoms with Crippen molar-refractivity contribution in [2.75, 3.05) is 5.32 Å². The van der Waals surface area contributed by atoms with Crippen molar-refractivity contribution >= 4 is 49.8 Å². The third-order valence-corrected chi connectivity index (χ3v) is 3.88. The third-order valence-electron chi connectivity index (χ3n) is 2.82. The molecule has 5 nitrogen and oxygen atoms in total. The summed E-state index contributed by atoms with van der Waals surface area (Å²) in [6, 6.07) is 10.4. The lowest BCUT2D eigenvalue weighted by Crippen LogP contribution is -2.24. The molecule has 3 N–H and O–H groups in total. The molecular formula is C15H13Br2N3O2. The fraction of sp³-hybridized carbons (Fsp3) is 0.0667. The molecule has 7 heteroatoms. The average Bonchev–Trinajstić information content (AvgIpc) is 2.46. The summed E-state index contributed by atoms with van der Waals surface area (Å²) < 4.78 is 1.32. The highest BCUT2D eigenvalue weighted by Gasteiger charge is 2.06. The van der Waals surface area contributed by atoms with E-state index in [2.05, 4.69) is 47.7 Å². The van der Waals surface area contributed by atoms with Crippen molar-refractivity contribution in [2.24, 2.45) is 5.10 Å². The molecule has 2 rings (SSSR count). The van der Waals surface area contributed by atoms with Crippen molar-refractivity contribution in [1.29, 1.82) is 0 Å². The number of halogens is 2. The van der Waals surface area contributed by atoms with E-state index < -0.39 is 6.03 Å². The Hall–Kier alpha value is -1.86. The zero-order valence-corrected chi connectivity index (χ0v) is 14.8. The SMILES string of the molecule is Cc1ccccc1NC(=O)N/N=C/c1cc(Br)cc(Br)c1O. The van der Waals surface area contributed by atoms with Gasteiger partial charge in [0.25, 0.3) is 0 Å². The predicted molar refractivity (Wildman–Crippen MR) is 94.4 cm³/mol. The quantitative estimate of drug-likeness (QED) is 0.503. The smallest absolute Gasteiger partial charge is 0.339 e. The number of carbonyl (C=O) groups is 1. The fourth-order valence-electron chi connectivity index (χ4n) is 1.71. The first kappa shape index (κ1) is 16.5. The highest BCUT2D eigenvalue weighted by Crippen LogP contribution is 2.30. The fourth-order valence-corrected chi connectivity index (χ4v) is 2.97. The van der Waals surface area contributed by atoms with Crippen molar-refractivity contribution in [3.8, 4) is 5.75 Å². The maximum absolute atomic E-state index is 11.8. The first-order valence-electron chi connectivity index (χ1n) is 6.31. The van der Waals surface area contributed by atoms with Gasteiger partial charge in [-0.15, -0.1) is 0 Å². The van der Waals surface area contributed by atoms with E-state index >= 15 is 0 Å². The van der Waals surface area contributed by atoms with Crippen LogP contribution in [0.15, 0.2) is 50.4 Å². The van der Waals surface area contributed by atoms with Crippen LogP contribution in [0.5, 0.6) is 5.75 Å². The van der Waals surface area contributed by atoms with E-state index in [1.54, 1.807) is 18.2 Å². The molecular weight excluding hydrogens is 414 g/mol. The molecule has 0 aliphatic carbocycles. The van der Waals surface area contributed by atoms with Crippen LogP contribution in [0, 0.1) is 6.92 Å². The van der Waals surface area contributed by atoms with Crippen molar-refractivity contribution < 1.29 is 9.90 Å². The van der Waals surface area contributed by atoms with Crippen LogP contribution in [-0.2, 0) is 0 Å². The van der Waals surface area contributed by atoms with Crippen LogP contribution in [0.3, 0.4) is 0 Å². The second-order valence-electron chi connectivity index (χ2n) is 4.46. The molecule has 0 spiro atoms. The number of aryl methyl sites for hydroxylation is 1. The maximum atomic E-state index is 11.8. The van der Waals surface area contributed by atoms with Gasteiger partial charge in [0.15, 0.2) is 0 Å². The van der Waals surface area contributed by atoms with Gasteiger partial charge in [0, 0.05) is 15.7 Å². The molecule has 0 fully saturated rings. The lowest BCUT2D eigenvalue weighted by atomic mass is 10.2. The molecule has 0 aliphatic rings. The number of para-hydroxylation sites is 1. The summed E-state index contributed by atoms with van der Waals surface area (Å²) in [6.07, 6.45) is 1.36. The molecule has 0 unspecified atom stereocenters. The number of nitrogens with zero attached hydrogens (tertiary/aromatic N) is 1. The van der Waals surface area contributed by atoms with E-state index in [9.17, 15) is 9.90 Å². The van der Waals surface area contributed by atoms with E-state index in [1.165, 1.54) is 6.21 Å². The van der Waals surface area contributed by atoms with Crippen molar-refractivity contribution in [3.63, 3.8) is 0 Å². The molecule has 0 bridgehead atoms. The summed E-state index contributed by atoms with van der Waals surface area (Å²) in [4.78, 5) is 11.8. The van der Waals surface area contributed by atoms with Gasteiger partial charge in [-0.25, -0.2) is 10.2 Å². The average molecular weight is 427 g/mol. The Morgan fingerprint density at radius 3 is 2.73 bits per heavy atom. The van der Waals surface area contributed by atoms with Crippen LogP contribution in [0.2, 0.25) is 0 Å². The number of hydrogen-bond donors (Lipinski definition) is 3. The highest BCUT2D eigenvalue weighted by atomic mass is 79.9. The molecule has 0 radical (unpaired) electrons. The number of amides is 2. The number of benzene rings is 2. The number of phenolic OH excluding ortho intramolecular Hbond substituents is 1. The number of rotatable bonds is 3. The predicted octanol–water partition coefficient (Wildman–Crippen LogP) is 4.38. The van der Waals surface area contributed by atoms with E-state index in [0.717, 1.165) is 10.0 Å². The molecule has 0 aliphatic heterocycles. The van der Waals surface area contributed by atoms with Crippen molar-refractivity contribution in [1.82, 2.24) is 5.43 Å². The second-order valence-corrected chi connectivity index (χ2v) is 6.23. The summed E-state index contributed by atoms with van der Waals surface area (Å²) in [5.41, 5.74) is 4.49. The van der Waals surface area contributed by atoms with Crippen LogP contribution in [0.25, 0.3) is 0 Å². The lowest BCUT2D eigenvalue weighted by molar-refractivity contribution is 0.252. The molecule has 22 heavy (non-hydrogen) atoms. The minimum absolute atomic E-state index is 0.0491. The van der Waals surface area contributed by atoms with Gasteiger partial charge in [0.1, 0.15) is 5.75 Å². The van der Waals surface area contributed by atoms with Gasteiger partial charge in [-0.2, -0.15) is 5.10 Å². The van der Waals surface area contributed by atoms with Crippen LogP contribution in [0.1, 0.15) is 11.1 Å². The van der Waals surface area contributed by atoms with E-state index in [-0.39, 0.29) is 5.75 Å². The number of urea groups is 1. The number of nitrogens with one attached hydrogen (secondary N) is 2. The summed E-state index contributed by atoms with van der Waals surface area (Å²) in [5.74, 6) is 0.0491. The summed E-state index contributed by atoms with van der Waals surface area (Å²) in [7, 11) is 0. The summed E-state index contributed by atoms with van der Waals surface area (Å²) in [5, 5.41) is 16.4. The van der Waals surface area contributed by atoms with Gasteiger partial charge in [0.2, 0.25) is 0 Å². The second kappa shape index (κ2) is 7.42. The number of carbonyl (C=O) groups excluding carboxylic acids is 1. The highest BCUT2D eigenvalue weighted by molar-refractivity contribution is 9.11. The monoisotopic (exact) mass is 425 g/mol. The standard InChI is InChI=1S/C15H13Br2N3O2/c1-9-4-2-3-5-13(9)19-15(22)20-18-8-10-6-11(16)7-12(17)14(10)21/h2-8,21H,1H3,(H2,19,20,22)/b18-8+. The van der Waals surface area contributed by atoms with Gasteiger partial charge >= 0.3 is 6.03 Å². The Bertz CT molecular complexity index is 733. The summed E-state index contributed by atoms with van der Waals surface area (Å²) in [6.45, 7) is 1.90. The molecule has 0 atom stereocenters. The van der Waals surface area contributed by atoms with Crippen molar-refractivity contribution in [2.45, 2.75) is 6.92 Å². The number of hydrogen-bond acceptors (Lipinski definition) is 3. The first-order valence-corrected chi connectivity index (χ1v) is 7.89. The molecule has 2 amide bonds. The zero-order chi connectivity index (χ0) is 16.1. The lowest BCUT2D eigenvalue weighted by Gasteiger charge is -2.07. The topological polar surface area (TPSA) is 73.7 Å². The maximum Gasteiger partial charge on any atom is 0.339 e. The minimum Gasteiger partial charge on any atom is -0.506 e. The normalized spacial score (nSPS) is 10.7. The molecule has 0 aromatic heterocycles. The minimum atomic E-state index is -0.459. The number of anilines is 1. The molecule has 0 saturated heterocycles. The van der Waals surface area contributed by atoms with Crippen LogP contribution in [0.4, 0.5) is 10.5 Å². The van der Waals surface area contributed by atoms with Crippen LogP contribution in [-0.4, -0.2) is 17.4 Å². The Kier molecular flexibility index (Phi) is 5.57. The van der Waals surface area contributed by atoms with Gasteiger partial charge in [-0.3, -0.25) is 0 Å². The Balaban J connectivity index is 2.01. The van der Waals surface area contributed by atoms with Gasteiger partial charge in [-0.05, 0) is 46.6 Å². The first-order chi connectivity index (χ1) is 10.5. The van der Waals surface area contributed by atoms with Crippen LogP contribution >= 0.6 is 31.9 Å². The van der Waals surface area contributed by atoms with E-state index in [1.807, 2.05) is 25.1 Å². The van der Waals surface area contributed by atoms with Crippen molar-refractivity contribution in [3.05, 3.63) is 56.5 Å². The van der Waals surface area contributed by atoms with Gasteiger partial charge in [0.05, 0.1) is 10.7 Å². The van der Waals surface area contributed by atoms with Gasteiger partial charge < -0.3 is 10.4 Å². The Morgan fingerprint density at radius 2 is 2.00 bits per heavy atom. The molecule has 2 aromatic carbocycles. The molecule has 2 aromatic rings. The largest absolute Gasteiger partial charge is 0.506 e.